The summed E-state index contributed by atoms with van der Waals surface area (Å²) in [5.41, 5.74) is 0.589. The second-order valence-corrected chi connectivity index (χ2v) is 5.76. The normalized spacial score (nSPS) is 10.9. The molecule has 1 amide bonds. The molecule has 0 radical (unpaired) electrons. The number of aromatic nitrogens is 4. The smallest absolute Gasteiger partial charge is 0.264 e. The molecule has 0 spiro atoms. The zero-order valence-electron chi connectivity index (χ0n) is 12.0. The molecule has 2 aromatic heterocycles. The molecule has 0 atom stereocenters. The van der Waals surface area contributed by atoms with Crippen LogP contribution in [0, 0.1) is 0 Å². The number of halogens is 2. The highest BCUT2D eigenvalue weighted by molar-refractivity contribution is 6.35. The molecule has 0 saturated carbocycles. The summed E-state index contributed by atoms with van der Waals surface area (Å²) in [6.07, 6.45) is 2.74. The number of carbonyl (C=O) groups excluding carboxylic acids is 1. The lowest BCUT2D eigenvalue weighted by atomic mass is 10.3. The molecule has 3 rings (SSSR count). The highest BCUT2D eigenvalue weighted by Gasteiger charge is 2.11. The number of aryl methyl sites for hydroxylation is 1. The number of anilines is 1. The minimum absolute atomic E-state index is 0.180. The van der Waals surface area contributed by atoms with Crippen molar-refractivity contribution in [3.05, 3.63) is 51.1 Å². The number of nitrogens with one attached hydrogen (secondary N) is 1. The fraction of sp³-hybridized carbons (Fsp3) is 0.143. The highest BCUT2D eigenvalue weighted by Crippen LogP contribution is 2.22. The van der Waals surface area contributed by atoms with E-state index in [0.29, 0.717) is 26.8 Å². The van der Waals surface area contributed by atoms with Crippen LogP contribution in [0.4, 0.5) is 5.69 Å². The molecular weight excluding hydrogens is 341 g/mol. The van der Waals surface area contributed by atoms with E-state index in [4.69, 9.17) is 23.2 Å². The molecule has 1 aromatic carbocycles. The van der Waals surface area contributed by atoms with Crippen molar-refractivity contribution >= 4 is 45.8 Å². The van der Waals surface area contributed by atoms with Gasteiger partial charge in [0.15, 0.2) is 5.65 Å². The summed E-state index contributed by atoms with van der Waals surface area (Å²) in [7, 11) is 1.69. The van der Waals surface area contributed by atoms with E-state index in [-0.39, 0.29) is 12.1 Å². The van der Waals surface area contributed by atoms with Crippen molar-refractivity contribution in [2.75, 3.05) is 5.32 Å². The Labute approximate surface area is 140 Å². The zero-order valence-corrected chi connectivity index (χ0v) is 13.5. The lowest BCUT2D eigenvalue weighted by Gasteiger charge is -2.08. The van der Waals surface area contributed by atoms with Gasteiger partial charge in [0.1, 0.15) is 18.3 Å². The molecule has 0 aliphatic rings. The second-order valence-electron chi connectivity index (χ2n) is 4.89. The van der Waals surface area contributed by atoms with Gasteiger partial charge in [-0.2, -0.15) is 5.10 Å². The molecule has 0 aliphatic heterocycles. The van der Waals surface area contributed by atoms with Crippen LogP contribution in [-0.4, -0.2) is 25.2 Å². The van der Waals surface area contributed by atoms with Gasteiger partial charge in [0.2, 0.25) is 5.91 Å². The van der Waals surface area contributed by atoms with Crippen LogP contribution in [0.2, 0.25) is 10.0 Å². The molecule has 0 aliphatic carbocycles. The Morgan fingerprint density at radius 2 is 1.96 bits per heavy atom. The maximum atomic E-state index is 12.3. The van der Waals surface area contributed by atoms with Gasteiger partial charge in [-0.3, -0.25) is 18.8 Å². The monoisotopic (exact) mass is 351 g/mol. The van der Waals surface area contributed by atoms with Crippen LogP contribution in [-0.2, 0) is 18.4 Å². The lowest BCUT2D eigenvalue weighted by Crippen LogP contribution is -2.27. The van der Waals surface area contributed by atoms with Crippen LogP contribution < -0.4 is 10.9 Å². The predicted molar refractivity (Wildman–Crippen MR) is 87.9 cm³/mol. The molecule has 3 aromatic rings. The Morgan fingerprint density at radius 1 is 1.26 bits per heavy atom. The third-order valence-electron chi connectivity index (χ3n) is 3.18. The van der Waals surface area contributed by atoms with E-state index in [1.807, 2.05) is 0 Å². The highest BCUT2D eigenvalue weighted by atomic mass is 35.5. The van der Waals surface area contributed by atoms with E-state index in [1.165, 1.54) is 21.8 Å². The van der Waals surface area contributed by atoms with Gasteiger partial charge in [0.25, 0.3) is 5.56 Å². The first-order chi connectivity index (χ1) is 10.9. The standard InChI is InChI=1S/C14H11Cl2N5O2/c1-20-13-11(5-18-20)14(23)21(7-17-13)6-12(22)19-10-3-8(15)2-9(16)4-10/h2-5,7H,6H2,1H3,(H,19,22). The van der Waals surface area contributed by atoms with Crippen molar-refractivity contribution in [3.63, 3.8) is 0 Å². The first-order valence-electron chi connectivity index (χ1n) is 6.57. The van der Waals surface area contributed by atoms with E-state index in [1.54, 1.807) is 25.2 Å². The molecule has 2 heterocycles. The summed E-state index contributed by atoms with van der Waals surface area (Å²) >= 11 is 11.8. The van der Waals surface area contributed by atoms with Crippen molar-refractivity contribution < 1.29 is 4.79 Å². The third-order valence-corrected chi connectivity index (χ3v) is 3.61. The molecule has 0 fully saturated rings. The summed E-state index contributed by atoms with van der Waals surface area (Å²) in [5, 5.41) is 7.78. The summed E-state index contributed by atoms with van der Waals surface area (Å²) < 4.78 is 2.71. The maximum absolute atomic E-state index is 12.3. The SMILES string of the molecule is Cn1ncc2c(=O)n(CC(=O)Nc3cc(Cl)cc(Cl)c3)cnc21. The van der Waals surface area contributed by atoms with E-state index >= 15 is 0 Å². The number of hydrogen-bond donors (Lipinski definition) is 1. The van der Waals surface area contributed by atoms with Gasteiger partial charge in [0.05, 0.1) is 6.20 Å². The van der Waals surface area contributed by atoms with Gasteiger partial charge in [-0.1, -0.05) is 23.2 Å². The minimum Gasteiger partial charge on any atom is -0.324 e. The first-order valence-corrected chi connectivity index (χ1v) is 7.33. The van der Waals surface area contributed by atoms with Crippen LogP contribution in [0.15, 0.2) is 35.5 Å². The summed E-state index contributed by atoms with van der Waals surface area (Å²) in [5.74, 6) is -0.393. The van der Waals surface area contributed by atoms with Crippen LogP contribution in [0.5, 0.6) is 0 Å². The topological polar surface area (TPSA) is 81.8 Å². The summed E-state index contributed by atoms with van der Waals surface area (Å²) in [6, 6.07) is 4.69. The number of amides is 1. The Kier molecular flexibility index (Phi) is 4.06. The lowest BCUT2D eigenvalue weighted by molar-refractivity contribution is -0.116. The summed E-state index contributed by atoms with van der Waals surface area (Å²) in [4.78, 5) is 28.5. The number of benzene rings is 1. The number of carbonyl (C=O) groups is 1. The van der Waals surface area contributed by atoms with Crippen molar-refractivity contribution in [2.24, 2.45) is 7.05 Å². The summed E-state index contributed by atoms with van der Waals surface area (Å²) in [6.45, 7) is -0.180. The van der Waals surface area contributed by atoms with Gasteiger partial charge in [-0.05, 0) is 18.2 Å². The maximum Gasteiger partial charge on any atom is 0.264 e. The molecule has 7 nitrogen and oxygen atoms in total. The van der Waals surface area contributed by atoms with Crippen LogP contribution in [0.3, 0.4) is 0 Å². The van der Waals surface area contributed by atoms with Crippen molar-refractivity contribution in [2.45, 2.75) is 6.54 Å². The number of hydrogen-bond acceptors (Lipinski definition) is 4. The van der Waals surface area contributed by atoms with Crippen LogP contribution >= 0.6 is 23.2 Å². The van der Waals surface area contributed by atoms with E-state index in [9.17, 15) is 9.59 Å². The van der Waals surface area contributed by atoms with Gasteiger partial charge < -0.3 is 5.32 Å². The Balaban J connectivity index is 1.83. The number of rotatable bonds is 3. The zero-order chi connectivity index (χ0) is 16.6. The molecule has 118 valence electrons. The van der Waals surface area contributed by atoms with Crippen molar-refractivity contribution in [3.8, 4) is 0 Å². The molecule has 23 heavy (non-hydrogen) atoms. The molecule has 9 heteroatoms. The largest absolute Gasteiger partial charge is 0.324 e. The fourth-order valence-electron chi connectivity index (χ4n) is 2.16. The van der Waals surface area contributed by atoms with E-state index in [2.05, 4.69) is 15.4 Å². The number of fused-ring (bicyclic) bond motifs is 1. The second kappa shape index (κ2) is 6.02. The van der Waals surface area contributed by atoms with Gasteiger partial charge in [0, 0.05) is 22.8 Å². The van der Waals surface area contributed by atoms with Crippen molar-refractivity contribution in [1.29, 1.82) is 0 Å². The van der Waals surface area contributed by atoms with Gasteiger partial charge in [-0.25, -0.2) is 4.98 Å². The fourth-order valence-corrected chi connectivity index (χ4v) is 2.69. The Bertz CT molecular complexity index is 943. The minimum atomic E-state index is -0.393. The van der Waals surface area contributed by atoms with Crippen molar-refractivity contribution in [1.82, 2.24) is 19.3 Å². The van der Waals surface area contributed by atoms with E-state index < -0.39 is 5.91 Å². The quantitative estimate of drug-likeness (QED) is 0.783. The molecule has 0 bridgehead atoms. The van der Waals surface area contributed by atoms with E-state index in [0.717, 1.165) is 0 Å². The first kappa shape index (κ1) is 15.5. The average molecular weight is 352 g/mol. The van der Waals surface area contributed by atoms with Crippen LogP contribution in [0.1, 0.15) is 0 Å². The third kappa shape index (κ3) is 3.20. The Hall–Kier alpha value is -2.38. The molecule has 0 saturated heterocycles. The van der Waals surface area contributed by atoms with Gasteiger partial charge >= 0.3 is 0 Å². The Morgan fingerprint density at radius 3 is 2.65 bits per heavy atom. The molecule has 1 N–H and O–H groups in total. The predicted octanol–water partition coefficient (Wildman–Crippen LogP) is 2.08. The molecular formula is C14H11Cl2N5O2. The number of nitrogens with zero attached hydrogens (tertiary/aromatic N) is 4. The average Bonchev–Trinajstić information content (AvgIpc) is 2.83. The van der Waals surface area contributed by atoms with Crippen LogP contribution in [0.25, 0.3) is 11.0 Å². The molecule has 0 unspecified atom stereocenters. The van der Waals surface area contributed by atoms with Gasteiger partial charge in [-0.15, -0.1) is 0 Å².